The van der Waals surface area contributed by atoms with Crippen molar-refractivity contribution in [3.63, 3.8) is 0 Å². The normalized spacial score (nSPS) is 49.6. The van der Waals surface area contributed by atoms with E-state index in [1.807, 2.05) is 20.8 Å². The third kappa shape index (κ3) is 4.61. The van der Waals surface area contributed by atoms with E-state index in [-0.39, 0.29) is 43.1 Å². The minimum Gasteiger partial charge on any atom is -0.396 e. The molecule has 4 aliphatic carbocycles. The van der Waals surface area contributed by atoms with Gasteiger partial charge in [-0.05, 0) is 80.0 Å². The van der Waals surface area contributed by atoms with Gasteiger partial charge in [-0.15, -0.1) is 0 Å². The summed E-state index contributed by atoms with van der Waals surface area (Å²) in [6.45, 7) is 8.09. The fraction of sp³-hybridized carbons (Fsp3) is 1.00. The van der Waals surface area contributed by atoms with Crippen molar-refractivity contribution in [3.8, 4) is 0 Å². The molecule has 4 fully saturated rings. The summed E-state index contributed by atoms with van der Waals surface area (Å²) in [6.07, 6.45) is 2.40. The number of hydrogen-bond donors (Lipinski definition) is 6. The molecule has 0 aromatic rings. The van der Waals surface area contributed by atoms with Crippen molar-refractivity contribution in [2.75, 3.05) is 6.61 Å². The first-order valence-electron chi connectivity index (χ1n) is 14.1. The van der Waals surface area contributed by atoms with Crippen LogP contribution in [0.5, 0.6) is 0 Å². The number of aliphatic hydroxyl groups excluding tert-OH is 3. The second-order valence-corrected chi connectivity index (χ2v) is 14.6. The first-order chi connectivity index (χ1) is 17.0. The Morgan fingerprint density at radius 3 is 2.32 bits per heavy atom. The first kappa shape index (κ1) is 29.6. The minimum absolute atomic E-state index is 0.0687. The highest BCUT2D eigenvalue weighted by Crippen LogP contribution is 2.71. The average Bonchev–Trinajstić information content (AvgIpc) is 3.02. The summed E-state index contributed by atoms with van der Waals surface area (Å²) < 4.78 is 38.8. The van der Waals surface area contributed by atoms with Gasteiger partial charge in [0.15, 0.2) is 0 Å². The molecular formula is C27H48O9S. The van der Waals surface area contributed by atoms with E-state index in [9.17, 15) is 38.5 Å². The third-order valence-electron chi connectivity index (χ3n) is 11.6. The lowest BCUT2D eigenvalue weighted by Crippen LogP contribution is -2.77. The molecule has 12 atom stereocenters. The second kappa shape index (κ2) is 9.94. The highest BCUT2D eigenvalue weighted by atomic mass is 32.3. The van der Waals surface area contributed by atoms with E-state index in [1.54, 1.807) is 0 Å². The van der Waals surface area contributed by atoms with Gasteiger partial charge in [-0.2, -0.15) is 8.42 Å². The summed E-state index contributed by atoms with van der Waals surface area (Å²) in [6, 6.07) is 0. The van der Waals surface area contributed by atoms with Crippen LogP contribution in [-0.4, -0.2) is 74.6 Å². The maximum atomic E-state index is 12.6. The molecule has 216 valence electrons. The number of hydrogen-bond acceptors (Lipinski definition) is 8. The molecule has 0 saturated heterocycles. The Bertz CT molecular complexity index is 944. The van der Waals surface area contributed by atoms with Crippen LogP contribution in [0, 0.1) is 40.4 Å². The van der Waals surface area contributed by atoms with Crippen LogP contribution < -0.4 is 0 Å². The summed E-state index contributed by atoms with van der Waals surface area (Å²) in [7, 11) is -4.92. The molecule has 0 aromatic heterocycles. The summed E-state index contributed by atoms with van der Waals surface area (Å²) in [5.41, 5.74) is -5.30. The van der Waals surface area contributed by atoms with Crippen LogP contribution in [0.25, 0.3) is 0 Å². The lowest BCUT2D eigenvalue weighted by Gasteiger charge is -2.68. The molecule has 0 bridgehead atoms. The first-order valence-corrected chi connectivity index (χ1v) is 15.5. The van der Waals surface area contributed by atoms with Gasteiger partial charge in [-0.3, -0.25) is 4.55 Å². The molecule has 9 nitrogen and oxygen atoms in total. The number of fused-ring (bicyclic) bond motifs is 5. The highest BCUT2D eigenvalue weighted by Gasteiger charge is 2.79. The fourth-order valence-corrected chi connectivity index (χ4v) is 10.1. The molecule has 0 heterocycles. The molecule has 12 unspecified atom stereocenters. The molecule has 4 rings (SSSR count). The predicted molar refractivity (Wildman–Crippen MR) is 137 cm³/mol. The third-order valence-corrected chi connectivity index (χ3v) is 12.1. The van der Waals surface area contributed by atoms with Crippen LogP contribution in [-0.2, 0) is 14.6 Å². The van der Waals surface area contributed by atoms with Gasteiger partial charge in [0.05, 0.1) is 12.2 Å². The molecule has 0 radical (unpaired) electrons. The van der Waals surface area contributed by atoms with E-state index in [4.69, 9.17) is 4.18 Å². The topological polar surface area (TPSA) is 165 Å². The molecule has 0 aliphatic heterocycles. The largest absolute Gasteiger partial charge is 0.397 e. The van der Waals surface area contributed by atoms with Crippen LogP contribution in [0.2, 0.25) is 0 Å². The molecule has 0 amide bonds. The Hall–Kier alpha value is -0.330. The maximum Gasteiger partial charge on any atom is 0.397 e. The van der Waals surface area contributed by atoms with Crippen molar-refractivity contribution in [3.05, 3.63) is 0 Å². The van der Waals surface area contributed by atoms with Gasteiger partial charge in [-0.1, -0.05) is 40.5 Å². The lowest BCUT2D eigenvalue weighted by atomic mass is 9.40. The van der Waals surface area contributed by atoms with Crippen molar-refractivity contribution in [2.45, 2.75) is 121 Å². The van der Waals surface area contributed by atoms with Crippen LogP contribution in [0.15, 0.2) is 0 Å². The van der Waals surface area contributed by atoms with E-state index < -0.39 is 56.7 Å². The van der Waals surface area contributed by atoms with Gasteiger partial charge in [0.1, 0.15) is 17.3 Å². The zero-order valence-electron chi connectivity index (χ0n) is 22.7. The Labute approximate surface area is 221 Å². The van der Waals surface area contributed by atoms with Crippen molar-refractivity contribution >= 4 is 10.4 Å². The SMILES string of the molecule is CC(CO)CCCC(C)C1CC(OS(=O)(=O)O)C2(O)C1(C)CCC1C3(C)CCC(O)CC3C(O)CC12O. The number of rotatable bonds is 8. The smallest absolute Gasteiger partial charge is 0.396 e. The van der Waals surface area contributed by atoms with Crippen LogP contribution >= 0.6 is 0 Å². The van der Waals surface area contributed by atoms with Gasteiger partial charge in [0.2, 0.25) is 0 Å². The van der Waals surface area contributed by atoms with Crippen molar-refractivity contribution in [2.24, 2.45) is 40.4 Å². The van der Waals surface area contributed by atoms with Crippen LogP contribution in [0.4, 0.5) is 0 Å². The fourth-order valence-electron chi connectivity index (χ4n) is 9.61. The molecule has 10 heteroatoms. The molecule has 37 heavy (non-hydrogen) atoms. The van der Waals surface area contributed by atoms with E-state index >= 15 is 0 Å². The summed E-state index contributed by atoms with van der Waals surface area (Å²) in [5, 5.41) is 56.1. The monoisotopic (exact) mass is 548 g/mol. The maximum absolute atomic E-state index is 12.6. The quantitative estimate of drug-likeness (QED) is 0.250. The van der Waals surface area contributed by atoms with Crippen molar-refractivity contribution in [1.82, 2.24) is 0 Å². The molecule has 0 aromatic carbocycles. The predicted octanol–water partition coefficient (Wildman–Crippen LogP) is 2.44. The van der Waals surface area contributed by atoms with E-state index in [0.29, 0.717) is 32.1 Å². The van der Waals surface area contributed by atoms with Crippen molar-refractivity contribution in [1.29, 1.82) is 0 Å². The Balaban J connectivity index is 1.73. The second-order valence-electron chi connectivity index (χ2n) is 13.6. The Morgan fingerprint density at radius 1 is 1.03 bits per heavy atom. The van der Waals surface area contributed by atoms with Gasteiger partial charge < -0.3 is 25.5 Å². The van der Waals surface area contributed by atoms with Crippen LogP contribution in [0.3, 0.4) is 0 Å². The highest BCUT2D eigenvalue weighted by molar-refractivity contribution is 7.80. The van der Waals surface area contributed by atoms with Crippen molar-refractivity contribution < 1.29 is 42.7 Å². The molecule has 0 spiro atoms. The van der Waals surface area contributed by atoms with E-state index in [1.165, 1.54) is 0 Å². The Kier molecular flexibility index (Phi) is 7.97. The van der Waals surface area contributed by atoms with Crippen LogP contribution in [0.1, 0.15) is 91.9 Å². The Morgan fingerprint density at radius 2 is 1.70 bits per heavy atom. The van der Waals surface area contributed by atoms with Gasteiger partial charge in [0, 0.05) is 18.4 Å². The van der Waals surface area contributed by atoms with E-state index in [0.717, 1.165) is 19.3 Å². The summed E-state index contributed by atoms with van der Waals surface area (Å²) in [5.74, 6) is -0.596. The molecular weight excluding hydrogens is 500 g/mol. The van der Waals surface area contributed by atoms with Gasteiger partial charge in [-0.25, -0.2) is 4.18 Å². The minimum atomic E-state index is -4.92. The zero-order valence-corrected chi connectivity index (χ0v) is 23.5. The molecule has 4 aliphatic rings. The molecule has 4 saturated carbocycles. The standard InChI is InChI=1S/C27H48O9S/c1-16(15-28)6-5-7-17(2)19-13-23(36-37(33,34)35)27(32)25(19,4)11-9-22-24(3)10-8-18(29)12-20(24)21(30)14-26(22,27)31/h16-23,28-32H,5-15H2,1-4H3,(H,33,34,35). The van der Waals surface area contributed by atoms with Gasteiger partial charge >= 0.3 is 10.4 Å². The lowest BCUT2D eigenvalue weighted by molar-refractivity contribution is -0.328. The molecule has 6 N–H and O–H groups in total. The average molecular weight is 549 g/mol. The van der Waals surface area contributed by atoms with E-state index in [2.05, 4.69) is 6.92 Å². The zero-order chi connectivity index (χ0) is 27.6. The summed E-state index contributed by atoms with van der Waals surface area (Å²) in [4.78, 5) is 0. The summed E-state index contributed by atoms with van der Waals surface area (Å²) >= 11 is 0. The van der Waals surface area contributed by atoms with Gasteiger partial charge in [0.25, 0.3) is 0 Å². The number of aliphatic hydroxyl groups is 5.